The lowest BCUT2D eigenvalue weighted by Crippen LogP contribution is -2.39. The number of nitrogens with zero attached hydrogens (tertiary/aromatic N) is 2. The number of hydrogen-bond acceptors (Lipinski definition) is 3. The van der Waals surface area contributed by atoms with Gasteiger partial charge in [0.2, 0.25) is 0 Å². The highest BCUT2D eigenvalue weighted by Gasteiger charge is 2.20. The number of guanidine groups is 1. The average molecular weight is 294 g/mol. The summed E-state index contributed by atoms with van der Waals surface area (Å²) in [6.45, 7) is 13.0. The average Bonchev–Trinajstić information content (AvgIpc) is 3.02. The molecule has 120 valence electrons. The molecule has 0 saturated carbocycles. The maximum Gasteiger partial charge on any atom is 0.191 e. The van der Waals surface area contributed by atoms with Crippen molar-refractivity contribution < 1.29 is 4.42 Å². The minimum absolute atomic E-state index is 0.187. The predicted octanol–water partition coefficient (Wildman–Crippen LogP) is 2.63. The number of likely N-dealkylation sites (N-methyl/N-ethyl adjacent to an activating group) is 1. The highest BCUT2D eigenvalue weighted by molar-refractivity contribution is 5.79. The summed E-state index contributed by atoms with van der Waals surface area (Å²) in [6, 6.07) is 4.16. The van der Waals surface area contributed by atoms with E-state index in [1.54, 1.807) is 6.26 Å². The molecule has 5 nitrogen and oxygen atoms in total. The third-order valence-corrected chi connectivity index (χ3v) is 3.43. The molecule has 2 N–H and O–H groups in total. The lowest BCUT2D eigenvalue weighted by molar-refractivity contribution is 0.198. The number of aliphatic imine (C=N–C) groups is 1. The maximum absolute atomic E-state index is 5.60. The highest BCUT2D eigenvalue weighted by Crippen LogP contribution is 2.21. The van der Waals surface area contributed by atoms with Crippen molar-refractivity contribution in [1.82, 2.24) is 15.5 Å². The Bertz CT molecular complexity index is 385. The van der Waals surface area contributed by atoms with Crippen LogP contribution in [0, 0.1) is 0 Å². The van der Waals surface area contributed by atoms with Gasteiger partial charge in [-0.05, 0) is 38.6 Å². The van der Waals surface area contributed by atoms with Crippen LogP contribution < -0.4 is 10.6 Å². The first-order valence-electron chi connectivity index (χ1n) is 8.06. The van der Waals surface area contributed by atoms with Crippen LogP contribution in [0.25, 0.3) is 0 Å². The van der Waals surface area contributed by atoms with Crippen molar-refractivity contribution >= 4 is 5.96 Å². The SMILES string of the molecule is CCCNC(=NCC(c1ccco1)N(CC)CC)NCC. The first-order chi connectivity index (χ1) is 10.3. The fourth-order valence-corrected chi connectivity index (χ4v) is 2.29. The zero-order valence-corrected chi connectivity index (χ0v) is 13.9. The van der Waals surface area contributed by atoms with E-state index in [-0.39, 0.29) is 6.04 Å². The van der Waals surface area contributed by atoms with Crippen LogP contribution in [0.1, 0.15) is 45.9 Å². The van der Waals surface area contributed by atoms with Gasteiger partial charge < -0.3 is 15.1 Å². The second-order valence-electron chi connectivity index (χ2n) is 4.90. The molecule has 0 aliphatic carbocycles. The Morgan fingerprint density at radius 2 is 2.00 bits per heavy atom. The highest BCUT2D eigenvalue weighted by atomic mass is 16.3. The predicted molar refractivity (Wildman–Crippen MR) is 88.6 cm³/mol. The summed E-state index contributed by atoms with van der Waals surface area (Å²) < 4.78 is 5.60. The Kier molecular flexibility index (Phi) is 8.59. The van der Waals surface area contributed by atoms with Gasteiger partial charge in [0.05, 0.1) is 18.8 Å². The smallest absolute Gasteiger partial charge is 0.191 e. The van der Waals surface area contributed by atoms with E-state index in [2.05, 4.69) is 43.2 Å². The molecule has 1 aromatic heterocycles. The minimum atomic E-state index is 0.187. The Balaban J connectivity index is 2.79. The second-order valence-corrected chi connectivity index (χ2v) is 4.90. The third-order valence-electron chi connectivity index (χ3n) is 3.43. The van der Waals surface area contributed by atoms with Gasteiger partial charge in [-0.2, -0.15) is 0 Å². The first kappa shape index (κ1) is 17.6. The first-order valence-corrected chi connectivity index (χ1v) is 8.06. The zero-order chi connectivity index (χ0) is 15.5. The van der Waals surface area contributed by atoms with Crippen molar-refractivity contribution in [3.8, 4) is 0 Å². The van der Waals surface area contributed by atoms with Crippen molar-refractivity contribution in [2.75, 3.05) is 32.7 Å². The molecule has 0 spiro atoms. The van der Waals surface area contributed by atoms with Gasteiger partial charge in [0.25, 0.3) is 0 Å². The van der Waals surface area contributed by atoms with Crippen LogP contribution in [-0.4, -0.2) is 43.6 Å². The van der Waals surface area contributed by atoms with E-state index < -0.39 is 0 Å². The summed E-state index contributed by atoms with van der Waals surface area (Å²) in [5.41, 5.74) is 0. The lowest BCUT2D eigenvalue weighted by Gasteiger charge is -2.27. The maximum atomic E-state index is 5.60. The van der Waals surface area contributed by atoms with Crippen LogP contribution in [-0.2, 0) is 0 Å². The van der Waals surface area contributed by atoms with E-state index in [4.69, 9.17) is 9.41 Å². The molecule has 0 fully saturated rings. The van der Waals surface area contributed by atoms with Crippen LogP contribution in [0.5, 0.6) is 0 Å². The molecule has 0 bridgehead atoms. The third kappa shape index (κ3) is 5.79. The number of furan rings is 1. The van der Waals surface area contributed by atoms with Gasteiger partial charge >= 0.3 is 0 Å². The Morgan fingerprint density at radius 3 is 2.52 bits per heavy atom. The minimum Gasteiger partial charge on any atom is -0.468 e. The molecule has 0 amide bonds. The van der Waals surface area contributed by atoms with Gasteiger partial charge in [-0.3, -0.25) is 9.89 Å². The van der Waals surface area contributed by atoms with Crippen molar-refractivity contribution in [2.45, 2.75) is 40.2 Å². The molecule has 1 aromatic rings. The summed E-state index contributed by atoms with van der Waals surface area (Å²) >= 11 is 0. The van der Waals surface area contributed by atoms with Crippen molar-refractivity contribution in [2.24, 2.45) is 4.99 Å². The largest absolute Gasteiger partial charge is 0.468 e. The molecule has 1 atom stereocenters. The Morgan fingerprint density at radius 1 is 1.24 bits per heavy atom. The van der Waals surface area contributed by atoms with E-state index in [0.29, 0.717) is 6.54 Å². The van der Waals surface area contributed by atoms with E-state index in [1.807, 2.05) is 12.1 Å². The van der Waals surface area contributed by atoms with Gasteiger partial charge in [0.15, 0.2) is 5.96 Å². The number of nitrogens with one attached hydrogen (secondary N) is 2. The molecule has 0 aliphatic heterocycles. The number of rotatable bonds is 9. The fraction of sp³-hybridized carbons (Fsp3) is 0.688. The molecular formula is C16H30N4O. The molecule has 0 aromatic carbocycles. The quantitative estimate of drug-likeness (QED) is 0.543. The van der Waals surface area contributed by atoms with E-state index >= 15 is 0 Å². The van der Waals surface area contributed by atoms with Gasteiger partial charge in [-0.25, -0.2) is 0 Å². The standard InChI is InChI=1S/C16H30N4O/c1-5-11-18-16(17-6-2)19-13-14(20(7-3)8-4)15-10-9-12-21-15/h9-10,12,14H,5-8,11,13H2,1-4H3,(H2,17,18,19). The lowest BCUT2D eigenvalue weighted by atomic mass is 10.2. The van der Waals surface area contributed by atoms with E-state index in [9.17, 15) is 0 Å². The molecule has 1 rings (SSSR count). The second kappa shape index (κ2) is 10.3. The molecule has 1 unspecified atom stereocenters. The summed E-state index contributed by atoms with van der Waals surface area (Å²) in [5.74, 6) is 1.86. The van der Waals surface area contributed by atoms with Crippen molar-refractivity contribution in [1.29, 1.82) is 0 Å². The Hall–Kier alpha value is -1.49. The van der Waals surface area contributed by atoms with Crippen LogP contribution in [0.2, 0.25) is 0 Å². The van der Waals surface area contributed by atoms with Crippen LogP contribution in [0.4, 0.5) is 0 Å². The molecule has 0 radical (unpaired) electrons. The molecule has 1 heterocycles. The van der Waals surface area contributed by atoms with E-state index in [1.165, 1.54) is 0 Å². The van der Waals surface area contributed by atoms with Crippen LogP contribution in [0.3, 0.4) is 0 Å². The van der Waals surface area contributed by atoms with Gasteiger partial charge in [0.1, 0.15) is 5.76 Å². The van der Waals surface area contributed by atoms with Gasteiger partial charge in [0, 0.05) is 13.1 Å². The Labute approximate surface area is 128 Å². The molecule has 21 heavy (non-hydrogen) atoms. The zero-order valence-electron chi connectivity index (χ0n) is 13.9. The van der Waals surface area contributed by atoms with Crippen LogP contribution >= 0.6 is 0 Å². The van der Waals surface area contributed by atoms with E-state index in [0.717, 1.165) is 44.3 Å². The van der Waals surface area contributed by atoms with Gasteiger partial charge in [-0.1, -0.05) is 20.8 Å². The van der Waals surface area contributed by atoms with Crippen LogP contribution in [0.15, 0.2) is 27.8 Å². The monoisotopic (exact) mass is 294 g/mol. The summed E-state index contributed by atoms with van der Waals surface area (Å²) in [7, 11) is 0. The summed E-state index contributed by atoms with van der Waals surface area (Å²) in [6.07, 6.45) is 2.82. The summed E-state index contributed by atoms with van der Waals surface area (Å²) in [5, 5.41) is 6.62. The molecule has 5 heteroatoms. The topological polar surface area (TPSA) is 52.8 Å². The fourth-order valence-electron chi connectivity index (χ4n) is 2.29. The molecule has 0 saturated heterocycles. The number of hydrogen-bond donors (Lipinski definition) is 2. The normalized spacial score (nSPS) is 13.5. The summed E-state index contributed by atoms with van der Waals surface area (Å²) in [4.78, 5) is 7.08. The van der Waals surface area contributed by atoms with Crippen molar-refractivity contribution in [3.05, 3.63) is 24.2 Å². The van der Waals surface area contributed by atoms with Gasteiger partial charge in [-0.15, -0.1) is 0 Å². The van der Waals surface area contributed by atoms with Crippen molar-refractivity contribution in [3.63, 3.8) is 0 Å². The molecule has 0 aliphatic rings. The molecular weight excluding hydrogens is 264 g/mol.